The first kappa shape index (κ1) is 26.1. The summed E-state index contributed by atoms with van der Waals surface area (Å²) in [5, 5.41) is 6.86. The Morgan fingerprint density at radius 2 is 1.81 bits per heavy atom. The van der Waals surface area contributed by atoms with Crippen LogP contribution in [0.4, 0.5) is 0 Å². The van der Waals surface area contributed by atoms with E-state index in [4.69, 9.17) is 9.73 Å². The summed E-state index contributed by atoms with van der Waals surface area (Å²) in [5.74, 6) is 0.862. The summed E-state index contributed by atoms with van der Waals surface area (Å²) in [6.45, 7) is 13.6. The summed E-state index contributed by atoms with van der Waals surface area (Å²) >= 11 is 0. The van der Waals surface area contributed by atoms with E-state index in [9.17, 15) is 0 Å². The number of hydrogen-bond acceptors (Lipinski definition) is 3. The molecule has 0 aromatic heterocycles. The van der Waals surface area contributed by atoms with Crippen molar-refractivity contribution in [3.8, 4) is 0 Å². The first-order chi connectivity index (χ1) is 12.6. The van der Waals surface area contributed by atoms with Crippen LogP contribution in [0.5, 0.6) is 0 Å². The summed E-state index contributed by atoms with van der Waals surface area (Å²) < 4.78 is 5.62. The summed E-state index contributed by atoms with van der Waals surface area (Å²) in [5.41, 5.74) is 1.15. The van der Waals surface area contributed by atoms with Crippen LogP contribution in [0.3, 0.4) is 0 Å². The minimum Gasteiger partial charge on any atom is -0.375 e. The van der Waals surface area contributed by atoms with Crippen LogP contribution >= 0.6 is 24.0 Å². The Morgan fingerprint density at radius 1 is 1.15 bits per heavy atom. The number of rotatable bonds is 12. The van der Waals surface area contributed by atoms with Gasteiger partial charge in [-0.15, -0.1) is 24.0 Å². The highest BCUT2D eigenvalue weighted by molar-refractivity contribution is 14.0. The lowest BCUT2D eigenvalue weighted by molar-refractivity contribution is 0.111. The largest absolute Gasteiger partial charge is 0.375 e. The molecule has 1 rings (SSSR count). The fraction of sp³-hybridized carbons (Fsp3) is 0.667. The number of aliphatic imine (C=N–C) groups is 1. The second-order valence-electron chi connectivity index (χ2n) is 6.57. The van der Waals surface area contributed by atoms with Crippen molar-refractivity contribution >= 4 is 29.9 Å². The number of nitrogens with one attached hydrogen (secondary N) is 2. The SMILES string of the molecule is CCNC(=NCC(OC)c1ccccc1)NC(C)CCCN(CC)CC.I. The van der Waals surface area contributed by atoms with Gasteiger partial charge in [0.1, 0.15) is 6.10 Å². The van der Waals surface area contributed by atoms with Gasteiger partial charge in [-0.3, -0.25) is 4.99 Å². The monoisotopic (exact) mass is 490 g/mol. The van der Waals surface area contributed by atoms with Gasteiger partial charge in [0.2, 0.25) is 0 Å². The second-order valence-corrected chi connectivity index (χ2v) is 6.57. The zero-order chi connectivity index (χ0) is 19.2. The zero-order valence-electron chi connectivity index (χ0n) is 17.7. The molecule has 5 nitrogen and oxygen atoms in total. The molecule has 0 fully saturated rings. The molecule has 2 N–H and O–H groups in total. The number of hydrogen-bond donors (Lipinski definition) is 2. The Hall–Kier alpha value is -0.860. The molecule has 0 radical (unpaired) electrons. The van der Waals surface area contributed by atoms with E-state index < -0.39 is 0 Å². The standard InChI is InChI=1S/C21H38N4O.HI/c1-6-22-21(24-18(4)13-12-16-25(7-2)8-3)23-17-20(26-5)19-14-10-9-11-15-19;/h9-11,14-15,18,20H,6-8,12-13,16-17H2,1-5H3,(H2,22,23,24);1H. The van der Waals surface area contributed by atoms with Crippen molar-refractivity contribution in [2.24, 2.45) is 4.99 Å². The number of ether oxygens (including phenoxy) is 1. The van der Waals surface area contributed by atoms with Crippen molar-refractivity contribution in [1.29, 1.82) is 0 Å². The number of guanidine groups is 1. The van der Waals surface area contributed by atoms with Gasteiger partial charge in [0.25, 0.3) is 0 Å². The van der Waals surface area contributed by atoms with Crippen molar-refractivity contribution in [3.63, 3.8) is 0 Å². The van der Waals surface area contributed by atoms with E-state index in [0.717, 1.165) is 44.1 Å². The Morgan fingerprint density at radius 3 is 2.37 bits per heavy atom. The van der Waals surface area contributed by atoms with Crippen LogP contribution in [-0.2, 0) is 4.74 Å². The molecule has 156 valence electrons. The average Bonchev–Trinajstić information content (AvgIpc) is 2.66. The van der Waals surface area contributed by atoms with Gasteiger partial charge >= 0.3 is 0 Å². The van der Waals surface area contributed by atoms with Crippen LogP contribution in [0.15, 0.2) is 35.3 Å². The minimum atomic E-state index is -0.0235. The molecule has 0 aliphatic carbocycles. The molecule has 0 saturated heterocycles. The highest BCUT2D eigenvalue weighted by atomic mass is 127. The summed E-state index contributed by atoms with van der Waals surface area (Å²) in [6.07, 6.45) is 2.30. The molecule has 0 saturated carbocycles. The Kier molecular flexibility index (Phi) is 15.6. The quantitative estimate of drug-likeness (QED) is 0.264. The van der Waals surface area contributed by atoms with Gasteiger partial charge in [0.15, 0.2) is 5.96 Å². The third-order valence-corrected chi connectivity index (χ3v) is 4.60. The highest BCUT2D eigenvalue weighted by Crippen LogP contribution is 2.16. The second kappa shape index (κ2) is 16.1. The maximum absolute atomic E-state index is 5.62. The summed E-state index contributed by atoms with van der Waals surface area (Å²) in [7, 11) is 1.74. The zero-order valence-corrected chi connectivity index (χ0v) is 20.0. The molecular weight excluding hydrogens is 451 g/mol. The normalized spacial score (nSPS) is 13.8. The topological polar surface area (TPSA) is 48.9 Å². The number of methoxy groups -OCH3 is 1. The summed E-state index contributed by atoms with van der Waals surface area (Å²) in [4.78, 5) is 7.20. The molecule has 0 heterocycles. The van der Waals surface area contributed by atoms with Crippen molar-refractivity contribution in [1.82, 2.24) is 15.5 Å². The van der Waals surface area contributed by atoms with Crippen LogP contribution in [0.25, 0.3) is 0 Å². The lowest BCUT2D eigenvalue weighted by atomic mass is 10.1. The van der Waals surface area contributed by atoms with Gasteiger partial charge in [0.05, 0.1) is 6.54 Å². The van der Waals surface area contributed by atoms with Crippen LogP contribution < -0.4 is 10.6 Å². The van der Waals surface area contributed by atoms with Gasteiger partial charge in [-0.25, -0.2) is 0 Å². The predicted octanol–water partition coefficient (Wildman–Crippen LogP) is 4.06. The van der Waals surface area contributed by atoms with Crippen LogP contribution in [0, 0.1) is 0 Å². The first-order valence-corrected chi connectivity index (χ1v) is 9.99. The molecule has 0 spiro atoms. The Labute approximate surface area is 183 Å². The maximum Gasteiger partial charge on any atom is 0.191 e. The fourth-order valence-corrected chi connectivity index (χ4v) is 2.94. The van der Waals surface area contributed by atoms with Gasteiger partial charge in [-0.2, -0.15) is 0 Å². The van der Waals surface area contributed by atoms with Crippen LogP contribution in [-0.4, -0.2) is 56.7 Å². The molecule has 0 bridgehead atoms. The number of benzene rings is 1. The minimum absolute atomic E-state index is 0. The molecule has 2 atom stereocenters. The molecule has 1 aromatic carbocycles. The van der Waals surface area contributed by atoms with E-state index in [1.54, 1.807) is 7.11 Å². The smallest absolute Gasteiger partial charge is 0.191 e. The fourth-order valence-electron chi connectivity index (χ4n) is 2.94. The summed E-state index contributed by atoms with van der Waals surface area (Å²) in [6, 6.07) is 10.6. The number of halogens is 1. The van der Waals surface area contributed by atoms with Gasteiger partial charge in [-0.1, -0.05) is 44.2 Å². The van der Waals surface area contributed by atoms with E-state index in [1.165, 1.54) is 6.42 Å². The Bertz CT molecular complexity index is 494. The van der Waals surface area contributed by atoms with Crippen LogP contribution in [0.1, 0.15) is 52.2 Å². The highest BCUT2D eigenvalue weighted by Gasteiger charge is 2.11. The average molecular weight is 490 g/mol. The van der Waals surface area contributed by atoms with E-state index in [0.29, 0.717) is 12.6 Å². The van der Waals surface area contributed by atoms with Gasteiger partial charge in [0, 0.05) is 19.7 Å². The van der Waals surface area contributed by atoms with Crippen molar-refractivity contribution in [3.05, 3.63) is 35.9 Å². The molecule has 0 aliphatic rings. The lowest BCUT2D eigenvalue weighted by Gasteiger charge is -2.21. The van der Waals surface area contributed by atoms with Crippen molar-refractivity contribution in [2.75, 3.05) is 39.8 Å². The van der Waals surface area contributed by atoms with Gasteiger partial charge in [-0.05, 0) is 51.9 Å². The van der Waals surface area contributed by atoms with E-state index in [-0.39, 0.29) is 30.1 Å². The third kappa shape index (κ3) is 10.9. The van der Waals surface area contributed by atoms with Gasteiger partial charge < -0.3 is 20.3 Å². The van der Waals surface area contributed by atoms with E-state index >= 15 is 0 Å². The third-order valence-electron chi connectivity index (χ3n) is 4.60. The van der Waals surface area contributed by atoms with E-state index in [1.807, 2.05) is 18.2 Å². The van der Waals surface area contributed by atoms with Crippen molar-refractivity contribution < 1.29 is 4.74 Å². The lowest BCUT2D eigenvalue weighted by Crippen LogP contribution is -2.42. The Balaban J connectivity index is 0.00000676. The molecule has 6 heteroatoms. The number of nitrogens with zero attached hydrogens (tertiary/aromatic N) is 2. The first-order valence-electron chi connectivity index (χ1n) is 9.99. The molecule has 27 heavy (non-hydrogen) atoms. The van der Waals surface area contributed by atoms with E-state index in [2.05, 4.69) is 55.4 Å². The molecule has 0 amide bonds. The molecule has 1 aromatic rings. The molecule has 2 unspecified atom stereocenters. The molecule has 0 aliphatic heterocycles. The predicted molar refractivity (Wildman–Crippen MR) is 127 cm³/mol. The van der Waals surface area contributed by atoms with Crippen LogP contribution in [0.2, 0.25) is 0 Å². The van der Waals surface area contributed by atoms with Crippen molar-refractivity contribution in [2.45, 2.75) is 52.7 Å². The molecular formula is C21H39IN4O. The maximum atomic E-state index is 5.62.